The van der Waals surface area contributed by atoms with Crippen molar-refractivity contribution in [3.63, 3.8) is 0 Å². The number of amides is 2. The minimum atomic E-state index is -0.125. The molecule has 1 N–H and O–H groups in total. The average Bonchev–Trinajstić information content (AvgIpc) is 2.35. The molecule has 3 nitrogen and oxygen atoms in total. The second-order valence-electron chi connectivity index (χ2n) is 4.07. The van der Waals surface area contributed by atoms with E-state index in [4.69, 9.17) is 23.2 Å². The van der Waals surface area contributed by atoms with E-state index in [-0.39, 0.29) is 6.03 Å². The van der Waals surface area contributed by atoms with Gasteiger partial charge in [0.05, 0.1) is 15.7 Å². The molecule has 0 aliphatic carbocycles. The van der Waals surface area contributed by atoms with Gasteiger partial charge >= 0.3 is 6.03 Å². The van der Waals surface area contributed by atoms with Gasteiger partial charge in [-0.3, -0.25) is 0 Å². The highest BCUT2D eigenvalue weighted by molar-refractivity contribution is 6.39. The number of piperidine rings is 1. The molecule has 1 fully saturated rings. The van der Waals surface area contributed by atoms with Crippen LogP contribution in [0.1, 0.15) is 19.3 Å². The number of rotatable bonds is 1. The van der Waals surface area contributed by atoms with Crippen LogP contribution in [-0.4, -0.2) is 24.0 Å². The van der Waals surface area contributed by atoms with Crippen molar-refractivity contribution in [1.82, 2.24) is 4.90 Å². The van der Waals surface area contributed by atoms with Gasteiger partial charge in [-0.15, -0.1) is 0 Å². The van der Waals surface area contributed by atoms with Gasteiger partial charge in [0.25, 0.3) is 0 Å². The Balaban J connectivity index is 2.07. The molecule has 0 atom stereocenters. The number of urea groups is 1. The normalized spacial score (nSPS) is 15.8. The first-order valence-electron chi connectivity index (χ1n) is 5.68. The average molecular weight is 273 g/mol. The van der Waals surface area contributed by atoms with Crippen molar-refractivity contribution >= 4 is 34.9 Å². The first-order valence-corrected chi connectivity index (χ1v) is 6.44. The Bertz CT molecular complexity index is 397. The summed E-state index contributed by atoms with van der Waals surface area (Å²) in [6.45, 7) is 1.60. The van der Waals surface area contributed by atoms with Crippen LogP contribution in [-0.2, 0) is 0 Å². The van der Waals surface area contributed by atoms with Crippen molar-refractivity contribution in [2.75, 3.05) is 18.4 Å². The first-order chi connectivity index (χ1) is 8.18. The van der Waals surface area contributed by atoms with E-state index in [1.54, 1.807) is 23.1 Å². The number of carbonyl (C=O) groups excluding carboxylic acids is 1. The molecule has 92 valence electrons. The smallest absolute Gasteiger partial charge is 0.321 e. The van der Waals surface area contributed by atoms with Gasteiger partial charge in [0.1, 0.15) is 0 Å². The number of carbonyl (C=O) groups is 1. The summed E-state index contributed by atoms with van der Waals surface area (Å²) in [6.07, 6.45) is 3.31. The number of nitrogens with zero attached hydrogens (tertiary/aromatic N) is 1. The monoisotopic (exact) mass is 272 g/mol. The van der Waals surface area contributed by atoms with E-state index in [0.717, 1.165) is 25.9 Å². The molecule has 1 saturated heterocycles. The fourth-order valence-electron chi connectivity index (χ4n) is 1.90. The molecule has 1 aromatic rings. The van der Waals surface area contributed by atoms with E-state index in [2.05, 4.69) is 5.32 Å². The summed E-state index contributed by atoms with van der Waals surface area (Å²) in [5, 5.41) is 3.69. The van der Waals surface area contributed by atoms with Gasteiger partial charge in [-0.05, 0) is 31.4 Å². The second kappa shape index (κ2) is 5.61. The SMILES string of the molecule is O=C(Nc1c(Cl)cccc1Cl)N1CCCCC1. The lowest BCUT2D eigenvalue weighted by Gasteiger charge is -2.27. The van der Waals surface area contributed by atoms with Crippen LogP contribution in [0.15, 0.2) is 18.2 Å². The molecule has 0 saturated carbocycles. The third-order valence-corrected chi connectivity index (χ3v) is 3.47. The second-order valence-corrected chi connectivity index (χ2v) is 4.89. The molecule has 0 radical (unpaired) electrons. The maximum absolute atomic E-state index is 12.0. The largest absolute Gasteiger partial charge is 0.325 e. The Morgan fingerprint density at radius 1 is 1.12 bits per heavy atom. The summed E-state index contributed by atoms with van der Waals surface area (Å²) in [6, 6.07) is 5.04. The number of hydrogen-bond donors (Lipinski definition) is 1. The van der Waals surface area contributed by atoms with E-state index in [1.807, 2.05) is 0 Å². The summed E-state index contributed by atoms with van der Waals surface area (Å²) >= 11 is 12.0. The zero-order valence-electron chi connectivity index (χ0n) is 9.38. The molecule has 0 aromatic heterocycles. The maximum Gasteiger partial charge on any atom is 0.321 e. The number of nitrogens with one attached hydrogen (secondary N) is 1. The van der Waals surface area contributed by atoms with E-state index in [0.29, 0.717) is 15.7 Å². The third-order valence-electron chi connectivity index (χ3n) is 2.84. The molecule has 0 unspecified atom stereocenters. The van der Waals surface area contributed by atoms with Crippen LogP contribution in [0.5, 0.6) is 0 Å². The van der Waals surface area contributed by atoms with Gasteiger partial charge in [-0.2, -0.15) is 0 Å². The highest BCUT2D eigenvalue weighted by atomic mass is 35.5. The Morgan fingerprint density at radius 3 is 2.29 bits per heavy atom. The highest BCUT2D eigenvalue weighted by Crippen LogP contribution is 2.30. The van der Waals surface area contributed by atoms with Crippen molar-refractivity contribution in [2.45, 2.75) is 19.3 Å². The molecular formula is C12H14Cl2N2O. The lowest BCUT2D eigenvalue weighted by Crippen LogP contribution is -2.38. The lowest BCUT2D eigenvalue weighted by atomic mass is 10.1. The van der Waals surface area contributed by atoms with E-state index >= 15 is 0 Å². The summed E-state index contributed by atoms with van der Waals surface area (Å²) in [4.78, 5) is 13.8. The van der Waals surface area contributed by atoms with Crippen LogP contribution >= 0.6 is 23.2 Å². The van der Waals surface area contributed by atoms with Crippen LogP contribution in [0.25, 0.3) is 0 Å². The number of likely N-dealkylation sites (tertiary alicyclic amines) is 1. The van der Waals surface area contributed by atoms with Crippen LogP contribution in [0.3, 0.4) is 0 Å². The van der Waals surface area contributed by atoms with Crippen LogP contribution < -0.4 is 5.32 Å². The zero-order valence-corrected chi connectivity index (χ0v) is 10.9. The molecule has 17 heavy (non-hydrogen) atoms. The van der Waals surface area contributed by atoms with Crippen molar-refractivity contribution in [3.8, 4) is 0 Å². The van der Waals surface area contributed by atoms with Gasteiger partial charge in [-0.1, -0.05) is 29.3 Å². The minimum absolute atomic E-state index is 0.125. The van der Waals surface area contributed by atoms with Crippen molar-refractivity contribution in [1.29, 1.82) is 0 Å². The Kier molecular flexibility index (Phi) is 4.13. The van der Waals surface area contributed by atoms with Gasteiger partial charge in [0.15, 0.2) is 0 Å². The van der Waals surface area contributed by atoms with E-state index in [9.17, 15) is 4.79 Å². The van der Waals surface area contributed by atoms with Crippen LogP contribution in [0, 0.1) is 0 Å². The number of anilines is 1. The fraction of sp³-hybridized carbons (Fsp3) is 0.417. The van der Waals surface area contributed by atoms with Gasteiger partial charge < -0.3 is 10.2 Å². The molecule has 1 aliphatic heterocycles. The van der Waals surface area contributed by atoms with E-state index < -0.39 is 0 Å². The van der Waals surface area contributed by atoms with Crippen molar-refractivity contribution in [2.24, 2.45) is 0 Å². The Labute approximate surface area is 111 Å². The predicted octanol–water partition coefficient (Wildman–Crippen LogP) is 4.01. The summed E-state index contributed by atoms with van der Waals surface area (Å²) in [7, 11) is 0. The summed E-state index contributed by atoms with van der Waals surface area (Å²) in [5.41, 5.74) is 0.492. The molecule has 2 rings (SSSR count). The van der Waals surface area contributed by atoms with Gasteiger partial charge in [0.2, 0.25) is 0 Å². The third kappa shape index (κ3) is 3.05. The van der Waals surface area contributed by atoms with Gasteiger partial charge in [-0.25, -0.2) is 4.79 Å². The molecule has 1 heterocycles. The molecule has 1 aliphatic rings. The molecule has 1 aromatic carbocycles. The minimum Gasteiger partial charge on any atom is -0.325 e. The number of benzene rings is 1. The lowest BCUT2D eigenvalue weighted by molar-refractivity contribution is 0.200. The fourth-order valence-corrected chi connectivity index (χ4v) is 2.39. The van der Waals surface area contributed by atoms with Crippen molar-refractivity contribution in [3.05, 3.63) is 28.2 Å². The van der Waals surface area contributed by atoms with Crippen LogP contribution in [0.4, 0.5) is 10.5 Å². The number of halogens is 2. The number of hydrogen-bond acceptors (Lipinski definition) is 1. The number of para-hydroxylation sites is 1. The maximum atomic E-state index is 12.0. The molecule has 0 spiro atoms. The highest BCUT2D eigenvalue weighted by Gasteiger charge is 2.18. The standard InChI is InChI=1S/C12H14Cl2N2O/c13-9-5-4-6-10(14)11(9)15-12(17)16-7-2-1-3-8-16/h4-6H,1-3,7-8H2,(H,15,17). The van der Waals surface area contributed by atoms with Crippen LogP contribution in [0.2, 0.25) is 10.0 Å². The quantitative estimate of drug-likeness (QED) is 0.823. The molecule has 5 heteroatoms. The van der Waals surface area contributed by atoms with E-state index in [1.165, 1.54) is 6.42 Å². The Hall–Kier alpha value is -0.930. The first kappa shape index (κ1) is 12.5. The van der Waals surface area contributed by atoms with Gasteiger partial charge in [0, 0.05) is 13.1 Å². The topological polar surface area (TPSA) is 32.3 Å². The zero-order chi connectivity index (χ0) is 12.3. The molecule has 2 amide bonds. The Morgan fingerprint density at radius 2 is 1.71 bits per heavy atom. The predicted molar refractivity (Wildman–Crippen MR) is 70.9 cm³/mol. The molecular weight excluding hydrogens is 259 g/mol. The molecule has 0 bridgehead atoms. The summed E-state index contributed by atoms with van der Waals surface area (Å²) in [5.74, 6) is 0. The van der Waals surface area contributed by atoms with Crippen molar-refractivity contribution < 1.29 is 4.79 Å². The summed E-state index contributed by atoms with van der Waals surface area (Å²) < 4.78 is 0.